The molecular formula is C46H52O7. The van der Waals surface area contributed by atoms with Crippen LogP contribution in [-0.2, 0) is 20.4 Å². The van der Waals surface area contributed by atoms with Gasteiger partial charge in [-0.05, 0) is 129 Å². The van der Waals surface area contributed by atoms with Crippen molar-refractivity contribution in [3.05, 3.63) is 118 Å². The van der Waals surface area contributed by atoms with Gasteiger partial charge in [0.05, 0.1) is 0 Å². The fourth-order valence-corrected chi connectivity index (χ4v) is 8.53. The Kier molecular flexibility index (Phi) is 12.0. The highest BCUT2D eigenvalue weighted by atomic mass is 16.7. The van der Waals surface area contributed by atoms with E-state index in [0.717, 1.165) is 68.1 Å². The number of benzene rings is 4. The molecule has 0 aromatic heterocycles. The van der Waals surface area contributed by atoms with Crippen LogP contribution in [0.3, 0.4) is 0 Å². The number of rotatable bonds is 12. The summed E-state index contributed by atoms with van der Waals surface area (Å²) in [5.41, 5.74) is 6.12. The Balaban J connectivity index is 1.11. The molecule has 4 aromatic rings. The number of phenols is 1. The monoisotopic (exact) mass is 716 g/mol. The Bertz CT molecular complexity index is 1900. The normalized spacial score (nSPS) is 16.4. The molecule has 7 heteroatoms. The lowest BCUT2D eigenvalue weighted by atomic mass is 9.65. The first-order chi connectivity index (χ1) is 25.6. The fourth-order valence-electron chi connectivity index (χ4n) is 8.53. The number of phenolic OH excluding ortho intramolecular Hbond substituents is 1. The number of esters is 1. The van der Waals surface area contributed by atoms with Gasteiger partial charge in [-0.1, -0.05) is 87.1 Å². The molecule has 2 aliphatic rings. The van der Waals surface area contributed by atoms with E-state index >= 15 is 0 Å². The summed E-state index contributed by atoms with van der Waals surface area (Å²) >= 11 is 0. The number of aryl methyl sites for hydroxylation is 2. The second-order valence-electron chi connectivity index (χ2n) is 15.2. The molecule has 0 atom stereocenters. The van der Waals surface area contributed by atoms with Crippen LogP contribution in [0.25, 0.3) is 0 Å². The second kappa shape index (κ2) is 16.8. The molecule has 0 saturated heterocycles. The average Bonchev–Trinajstić information content (AvgIpc) is 3.16. The van der Waals surface area contributed by atoms with Crippen molar-refractivity contribution >= 4 is 17.9 Å². The molecule has 2 saturated carbocycles. The Labute approximate surface area is 313 Å². The van der Waals surface area contributed by atoms with Crippen LogP contribution in [0, 0.1) is 13.8 Å². The van der Waals surface area contributed by atoms with Crippen LogP contribution in [0.5, 0.6) is 23.0 Å². The van der Waals surface area contributed by atoms with E-state index < -0.39 is 6.16 Å². The molecule has 0 spiro atoms. The van der Waals surface area contributed by atoms with Gasteiger partial charge in [0.25, 0.3) is 0 Å². The Morgan fingerprint density at radius 2 is 1.04 bits per heavy atom. The molecule has 6 rings (SSSR count). The van der Waals surface area contributed by atoms with Gasteiger partial charge < -0.3 is 24.1 Å². The molecule has 7 nitrogen and oxygen atoms in total. The van der Waals surface area contributed by atoms with Crippen molar-refractivity contribution in [1.29, 1.82) is 0 Å². The first-order valence-corrected chi connectivity index (χ1v) is 19.3. The van der Waals surface area contributed by atoms with Gasteiger partial charge >= 0.3 is 12.1 Å². The Morgan fingerprint density at radius 1 is 0.566 bits per heavy atom. The Morgan fingerprint density at radius 3 is 1.57 bits per heavy atom. The summed E-state index contributed by atoms with van der Waals surface area (Å²) in [4.78, 5) is 36.5. The lowest BCUT2D eigenvalue weighted by Gasteiger charge is -2.39. The SMILES string of the molecule is CC(=O)CCCCC(=O)Oc1ccc(C2(c3ccc(OC(=O)Oc4ccc(C5(c6ccc(O)c(C)c6)CCCCC5)cc4C)cc3)CCCCC2)cc1. The molecule has 278 valence electrons. The van der Waals surface area contributed by atoms with Crippen LogP contribution in [0.2, 0.25) is 0 Å². The summed E-state index contributed by atoms with van der Waals surface area (Å²) in [6.07, 6.45) is 12.2. The minimum atomic E-state index is -0.786. The molecule has 0 heterocycles. The van der Waals surface area contributed by atoms with Crippen LogP contribution < -0.4 is 14.2 Å². The van der Waals surface area contributed by atoms with Crippen LogP contribution in [0.15, 0.2) is 84.9 Å². The maximum Gasteiger partial charge on any atom is 0.519 e. The highest BCUT2D eigenvalue weighted by Gasteiger charge is 2.37. The summed E-state index contributed by atoms with van der Waals surface area (Å²) in [6, 6.07) is 27.6. The molecule has 4 aromatic carbocycles. The van der Waals surface area contributed by atoms with Crippen molar-refractivity contribution in [2.24, 2.45) is 0 Å². The maximum atomic E-state index is 13.0. The van der Waals surface area contributed by atoms with Crippen LogP contribution in [0.1, 0.15) is 130 Å². The molecule has 0 aliphatic heterocycles. The number of Topliss-reactive ketones (excluding diaryl/α,β-unsaturated/α-hetero) is 1. The van der Waals surface area contributed by atoms with E-state index in [0.29, 0.717) is 42.3 Å². The van der Waals surface area contributed by atoms with E-state index in [9.17, 15) is 19.5 Å². The molecule has 1 N–H and O–H groups in total. The van der Waals surface area contributed by atoms with Crippen molar-refractivity contribution in [2.75, 3.05) is 0 Å². The van der Waals surface area contributed by atoms with Gasteiger partial charge in [0.15, 0.2) is 0 Å². The van der Waals surface area contributed by atoms with E-state index in [1.54, 1.807) is 13.0 Å². The minimum absolute atomic E-state index is 0.133. The molecule has 0 radical (unpaired) electrons. The van der Waals surface area contributed by atoms with Crippen molar-refractivity contribution in [1.82, 2.24) is 0 Å². The summed E-state index contributed by atoms with van der Waals surface area (Å²) in [7, 11) is 0. The van der Waals surface area contributed by atoms with Gasteiger partial charge in [0.1, 0.15) is 28.8 Å². The summed E-state index contributed by atoms with van der Waals surface area (Å²) in [6.45, 7) is 5.46. The second-order valence-corrected chi connectivity index (χ2v) is 15.2. The van der Waals surface area contributed by atoms with E-state index in [4.69, 9.17) is 14.2 Å². The van der Waals surface area contributed by atoms with Crippen LogP contribution >= 0.6 is 0 Å². The molecule has 2 fully saturated rings. The van der Waals surface area contributed by atoms with E-state index in [2.05, 4.69) is 30.3 Å². The number of carbonyl (C=O) groups excluding carboxylic acids is 3. The lowest BCUT2D eigenvalue weighted by molar-refractivity contribution is -0.134. The third-order valence-corrected chi connectivity index (χ3v) is 11.5. The maximum absolute atomic E-state index is 13.0. The largest absolute Gasteiger partial charge is 0.519 e. The van der Waals surface area contributed by atoms with Gasteiger partial charge in [-0.2, -0.15) is 0 Å². The third-order valence-electron chi connectivity index (χ3n) is 11.5. The van der Waals surface area contributed by atoms with E-state index in [1.807, 2.05) is 62.4 Å². The molecule has 0 amide bonds. The van der Waals surface area contributed by atoms with Gasteiger partial charge in [0.2, 0.25) is 0 Å². The zero-order valence-electron chi connectivity index (χ0n) is 31.4. The Hall–Kier alpha value is -4.91. The highest BCUT2D eigenvalue weighted by molar-refractivity contribution is 5.75. The standard InChI is InChI=1S/C46H52O7/c1-32-30-37(18-24-41(32)48)46(28-10-5-11-29-46)38-19-25-42(33(2)31-38)53-44(50)52-40-22-16-36(17-23-40)45(26-8-4-9-27-45)35-14-20-39(21-15-35)51-43(49)13-7-6-12-34(3)47/h14-25,30-31,48H,4-13,26-29H2,1-3H3. The molecule has 0 unspecified atom stereocenters. The van der Waals surface area contributed by atoms with Crippen molar-refractivity contribution in [3.8, 4) is 23.0 Å². The number of unbranched alkanes of at least 4 members (excludes halogenated alkanes) is 1. The number of ether oxygens (including phenoxy) is 3. The quantitative estimate of drug-likeness (QED) is 0.0674. The van der Waals surface area contributed by atoms with Crippen LogP contribution in [-0.4, -0.2) is 23.0 Å². The van der Waals surface area contributed by atoms with Crippen molar-refractivity contribution < 1.29 is 33.7 Å². The number of ketones is 1. The van der Waals surface area contributed by atoms with Crippen molar-refractivity contribution in [2.45, 2.75) is 121 Å². The smallest absolute Gasteiger partial charge is 0.508 e. The topological polar surface area (TPSA) is 99.1 Å². The minimum Gasteiger partial charge on any atom is -0.508 e. The summed E-state index contributed by atoms with van der Waals surface area (Å²) < 4.78 is 17.0. The molecule has 0 bridgehead atoms. The first-order valence-electron chi connectivity index (χ1n) is 19.3. The van der Waals surface area contributed by atoms with Gasteiger partial charge in [-0.15, -0.1) is 0 Å². The zero-order chi connectivity index (χ0) is 37.4. The van der Waals surface area contributed by atoms with Gasteiger partial charge in [-0.3, -0.25) is 4.79 Å². The molecular weight excluding hydrogens is 664 g/mol. The number of carbonyl (C=O) groups is 3. The predicted octanol–water partition coefficient (Wildman–Crippen LogP) is 11.1. The average molecular weight is 717 g/mol. The molecule has 53 heavy (non-hydrogen) atoms. The summed E-state index contributed by atoms with van der Waals surface area (Å²) in [5.74, 6) is 1.55. The zero-order valence-corrected chi connectivity index (χ0v) is 31.4. The van der Waals surface area contributed by atoms with Gasteiger partial charge in [0, 0.05) is 23.7 Å². The predicted molar refractivity (Wildman–Crippen MR) is 206 cm³/mol. The van der Waals surface area contributed by atoms with E-state index in [-0.39, 0.29) is 29.0 Å². The fraction of sp³-hybridized carbons (Fsp3) is 0.413. The first kappa shape index (κ1) is 37.8. The third kappa shape index (κ3) is 8.84. The number of aromatic hydroxyl groups is 1. The lowest BCUT2D eigenvalue weighted by Crippen LogP contribution is -2.30. The van der Waals surface area contributed by atoms with E-state index in [1.165, 1.54) is 29.5 Å². The number of hydrogen-bond acceptors (Lipinski definition) is 7. The summed E-state index contributed by atoms with van der Waals surface area (Å²) in [5, 5.41) is 10.2. The number of hydrogen-bond donors (Lipinski definition) is 1. The highest BCUT2D eigenvalue weighted by Crippen LogP contribution is 2.47. The molecule has 2 aliphatic carbocycles. The van der Waals surface area contributed by atoms with Crippen molar-refractivity contribution in [3.63, 3.8) is 0 Å². The van der Waals surface area contributed by atoms with Crippen LogP contribution in [0.4, 0.5) is 4.79 Å². The van der Waals surface area contributed by atoms with Gasteiger partial charge in [-0.25, -0.2) is 4.79 Å².